The van der Waals surface area contributed by atoms with E-state index in [0.29, 0.717) is 17.9 Å². The summed E-state index contributed by atoms with van der Waals surface area (Å²) in [7, 11) is 1.60. The molecule has 0 saturated carbocycles. The number of aryl methyl sites for hydroxylation is 1. The van der Waals surface area contributed by atoms with Gasteiger partial charge in [-0.15, -0.1) is 0 Å². The van der Waals surface area contributed by atoms with Crippen molar-refractivity contribution in [1.29, 1.82) is 0 Å². The highest BCUT2D eigenvalue weighted by molar-refractivity contribution is 9.10. The first-order chi connectivity index (χ1) is 12.0. The molecular weight excluding hydrogens is 384 g/mol. The van der Waals surface area contributed by atoms with Crippen LogP contribution in [0.4, 0.5) is 5.69 Å². The molecular formula is C19H21BrN2O3. The van der Waals surface area contributed by atoms with Gasteiger partial charge in [0.25, 0.3) is 5.91 Å². The Morgan fingerprint density at radius 2 is 1.72 bits per heavy atom. The average Bonchev–Trinajstić information content (AvgIpc) is 2.62. The van der Waals surface area contributed by atoms with Gasteiger partial charge in [0.15, 0.2) is 6.61 Å². The fraction of sp³-hybridized carbons (Fsp3) is 0.263. The lowest BCUT2D eigenvalue weighted by Gasteiger charge is -2.10. The third kappa shape index (κ3) is 5.90. The van der Waals surface area contributed by atoms with Gasteiger partial charge in [0.1, 0.15) is 5.75 Å². The van der Waals surface area contributed by atoms with Crippen LogP contribution in [0.25, 0.3) is 0 Å². The maximum Gasteiger partial charge on any atom is 0.262 e. The van der Waals surface area contributed by atoms with Gasteiger partial charge in [-0.2, -0.15) is 0 Å². The number of ether oxygens (including phenoxy) is 1. The van der Waals surface area contributed by atoms with Crippen LogP contribution in [0.5, 0.6) is 5.75 Å². The fourth-order valence-electron chi connectivity index (χ4n) is 2.20. The lowest BCUT2D eigenvalue weighted by Crippen LogP contribution is -2.21. The highest BCUT2D eigenvalue weighted by Gasteiger charge is 2.07. The molecule has 6 heteroatoms. The van der Waals surface area contributed by atoms with E-state index >= 15 is 0 Å². The summed E-state index contributed by atoms with van der Waals surface area (Å²) in [6.07, 6.45) is 1.25. The van der Waals surface area contributed by atoms with E-state index < -0.39 is 0 Å². The summed E-state index contributed by atoms with van der Waals surface area (Å²) < 4.78 is 6.38. The molecule has 0 bridgehead atoms. The summed E-state index contributed by atoms with van der Waals surface area (Å²) in [6, 6.07) is 13.0. The molecule has 2 N–H and O–H groups in total. The molecule has 0 aliphatic heterocycles. The number of carbonyl (C=O) groups is 2. The highest BCUT2D eigenvalue weighted by Crippen LogP contribution is 2.26. The zero-order valence-electron chi connectivity index (χ0n) is 14.3. The van der Waals surface area contributed by atoms with Crippen molar-refractivity contribution < 1.29 is 14.3 Å². The van der Waals surface area contributed by atoms with Gasteiger partial charge in [0.2, 0.25) is 5.91 Å². The summed E-state index contributed by atoms with van der Waals surface area (Å²) in [5.41, 5.74) is 2.74. The van der Waals surface area contributed by atoms with Crippen LogP contribution in [0, 0.1) is 0 Å². The van der Waals surface area contributed by atoms with Crippen LogP contribution in [0.3, 0.4) is 0 Å². The number of carbonyl (C=O) groups excluding carboxylic acids is 2. The van der Waals surface area contributed by atoms with Crippen molar-refractivity contribution in [2.75, 3.05) is 19.0 Å². The molecule has 0 atom stereocenters. The molecule has 0 aliphatic carbocycles. The third-order valence-corrected chi connectivity index (χ3v) is 4.26. The average molecular weight is 405 g/mol. The van der Waals surface area contributed by atoms with Crippen molar-refractivity contribution in [3.05, 3.63) is 58.1 Å². The summed E-state index contributed by atoms with van der Waals surface area (Å²) in [4.78, 5) is 23.3. The van der Waals surface area contributed by atoms with E-state index in [0.717, 1.165) is 16.5 Å². The van der Waals surface area contributed by atoms with Gasteiger partial charge in [0, 0.05) is 12.7 Å². The maximum absolute atomic E-state index is 12.0. The minimum atomic E-state index is -0.245. The van der Waals surface area contributed by atoms with Crippen LogP contribution in [0.1, 0.15) is 18.1 Å². The zero-order chi connectivity index (χ0) is 18.2. The van der Waals surface area contributed by atoms with E-state index in [9.17, 15) is 9.59 Å². The summed E-state index contributed by atoms with van der Waals surface area (Å²) in [6.45, 7) is 2.00. The molecule has 0 spiro atoms. The summed E-state index contributed by atoms with van der Waals surface area (Å²) in [5.74, 6) is 0.337. The van der Waals surface area contributed by atoms with E-state index in [1.54, 1.807) is 19.2 Å². The van der Waals surface area contributed by atoms with Crippen LogP contribution in [-0.2, 0) is 22.4 Å². The second-order valence-electron chi connectivity index (χ2n) is 5.50. The van der Waals surface area contributed by atoms with Gasteiger partial charge in [-0.1, -0.05) is 25.1 Å². The topological polar surface area (TPSA) is 67.4 Å². The van der Waals surface area contributed by atoms with E-state index in [-0.39, 0.29) is 18.4 Å². The normalized spacial score (nSPS) is 10.2. The third-order valence-electron chi connectivity index (χ3n) is 3.64. The first-order valence-electron chi connectivity index (χ1n) is 8.02. The Morgan fingerprint density at radius 1 is 1.04 bits per heavy atom. The van der Waals surface area contributed by atoms with Crippen molar-refractivity contribution in [3.63, 3.8) is 0 Å². The van der Waals surface area contributed by atoms with Crippen LogP contribution in [-0.4, -0.2) is 25.5 Å². The molecule has 5 nitrogen and oxygen atoms in total. The molecule has 132 valence electrons. The van der Waals surface area contributed by atoms with Crippen LogP contribution in [0.15, 0.2) is 46.9 Å². The van der Waals surface area contributed by atoms with Gasteiger partial charge in [-0.25, -0.2) is 0 Å². The highest BCUT2D eigenvalue weighted by atomic mass is 79.9. The number of rotatable bonds is 7. The molecule has 25 heavy (non-hydrogen) atoms. The number of hydrogen-bond donors (Lipinski definition) is 2. The number of benzene rings is 2. The molecule has 0 unspecified atom stereocenters. The van der Waals surface area contributed by atoms with Crippen LogP contribution < -0.4 is 15.4 Å². The Labute approximate surface area is 155 Å². The Balaban J connectivity index is 1.87. The lowest BCUT2D eigenvalue weighted by atomic mass is 10.1. The summed E-state index contributed by atoms with van der Waals surface area (Å²) >= 11 is 3.45. The summed E-state index contributed by atoms with van der Waals surface area (Å²) in [5, 5.41) is 5.34. The molecule has 0 heterocycles. The molecule has 2 amide bonds. The van der Waals surface area contributed by atoms with Gasteiger partial charge >= 0.3 is 0 Å². The predicted molar refractivity (Wildman–Crippen MR) is 102 cm³/mol. The lowest BCUT2D eigenvalue weighted by molar-refractivity contribution is -0.120. The molecule has 2 rings (SSSR count). The number of likely N-dealkylation sites (N-methyl/N-ethyl adjacent to an activating group) is 1. The fourth-order valence-corrected chi connectivity index (χ4v) is 2.74. The zero-order valence-corrected chi connectivity index (χ0v) is 15.9. The smallest absolute Gasteiger partial charge is 0.262 e. The molecule has 2 aromatic rings. The monoisotopic (exact) mass is 404 g/mol. The predicted octanol–water partition coefficient (Wildman–Crippen LogP) is 3.32. The van der Waals surface area contributed by atoms with Gasteiger partial charge in [-0.05, 0) is 57.7 Å². The molecule has 0 fully saturated rings. The number of nitrogens with one attached hydrogen (secondary N) is 2. The Kier molecular flexibility index (Phi) is 7.01. The van der Waals surface area contributed by atoms with Gasteiger partial charge < -0.3 is 15.4 Å². The molecule has 2 aromatic carbocycles. The SMILES string of the molecule is CCc1ccc(OCC(=O)Nc2ccc(CC(=O)NC)cc2)c(Br)c1. The van der Waals surface area contributed by atoms with E-state index in [1.165, 1.54) is 5.56 Å². The van der Waals surface area contributed by atoms with Crippen molar-refractivity contribution in [3.8, 4) is 5.75 Å². The molecule has 0 aliphatic rings. The second-order valence-corrected chi connectivity index (χ2v) is 6.36. The minimum Gasteiger partial charge on any atom is -0.483 e. The second kappa shape index (κ2) is 9.22. The van der Waals surface area contributed by atoms with Crippen molar-refractivity contribution in [2.45, 2.75) is 19.8 Å². The minimum absolute atomic E-state index is 0.0511. The quantitative estimate of drug-likeness (QED) is 0.743. The number of halogens is 1. The molecule has 0 radical (unpaired) electrons. The number of amides is 2. The van der Waals surface area contributed by atoms with Gasteiger partial charge in [0.05, 0.1) is 10.9 Å². The Morgan fingerprint density at radius 3 is 2.32 bits per heavy atom. The van der Waals surface area contributed by atoms with E-state index in [4.69, 9.17) is 4.74 Å². The van der Waals surface area contributed by atoms with Crippen LogP contribution in [0.2, 0.25) is 0 Å². The molecule has 0 saturated heterocycles. The number of hydrogen-bond acceptors (Lipinski definition) is 3. The van der Waals surface area contributed by atoms with Crippen molar-refractivity contribution in [1.82, 2.24) is 5.32 Å². The maximum atomic E-state index is 12.0. The van der Waals surface area contributed by atoms with E-state index in [1.807, 2.05) is 30.3 Å². The first kappa shape index (κ1) is 19.0. The first-order valence-corrected chi connectivity index (χ1v) is 8.81. The standard InChI is InChI=1S/C19H21BrN2O3/c1-3-13-6-9-17(16(20)10-13)25-12-19(24)22-15-7-4-14(5-8-15)11-18(23)21-2/h4-10H,3,11-12H2,1-2H3,(H,21,23)(H,22,24). The largest absolute Gasteiger partial charge is 0.483 e. The van der Waals surface area contributed by atoms with Crippen molar-refractivity contribution in [2.24, 2.45) is 0 Å². The Hall–Kier alpha value is -2.34. The van der Waals surface area contributed by atoms with Gasteiger partial charge in [-0.3, -0.25) is 9.59 Å². The van der Waals surface area contributed by atoms with Crippen molar-refractivity contribution >= 4 is 33.4 Å². The number of anilines is 1. The molecule has 0 aromatic heterocycles. The Bertz CT molecular complexity index is 745. The van der Waals surface area contributed by atoms with Crippen LogP contribution >= 0.6 is 15.9 Å². The van der Waals surface area contributed by atoms with E-state index in [2.05, 4.69) is 33.5 Å².